The first-order valence-electron chi connectivity index (χ1n) is 4.89. The molecule has 1 heterocycles. The van der Waals surface area contributed by atoms with Crippen molar-refractivity contribution < 1.29 is 9.47 Å². The predicted molar refractivity (Wildman–Crippen MR) is 56.1 cm³/mol. The van der Waals surface area contributed by atoms with Crippen LogP contribution in [0.4, 0.5) is 0 Å². The van der Waals surface area contributed by atoms with Crippen LogP contribution >= 0.6 is 0 Å². The van der Waals surface area contributed by atoms with E-state index in [1.165, 1.54) is 11.1 Å². The molecule has 14 heavy (non-hydrogen) atoms. The van der Waals surface area contributed by atoms with E-state index in [-0.39, 0.29) is 5.60 Å². The predicted octanol–water partition coefficient (Wildman–Crippen LogP) is 2.72. The molecule has 2 rings (SSSR count). The summed E-state index contributed by atoms with van der Waals surface area (Å²) >= 11 is 0. The molecule has 1 aromatic carbocycles. The lowest BCUT2D eigenvalue weighted by atomic mass is 9.98. The smallest absolute Gasteiger partial charge is 0.165 e. The van der Waals surface area contributed by atoms with Crippen LogP contribution < -0.4 is 9.47 Å². The maximum atomic E-state index is 5.87. The molecule has 0 aliphatic carbocycles. The molecule has 76 valence electrons. The lowest BCUT2D eigenvalue weighted by molar-refractivity contribution is 0.134. The topological polar surface area (TPSA) is 18.5 Å². The number of benzene rings is 1. The second-order valence-electron chi connectivity index (χ2n) is 4.43. The Labute approximate surface area is 84.8 Å². The molecule has 0 aromatic heterocycles. The largest absolute Gasteiger partial charge is 0.493 e. The molecule has 0 N–H and O–H groups in total. The molecule has 0 unspecified atom stereocenters. The Kier molecular flexibility index (Phi) is 1.95. The molecule has 0 radical (unpaired) electrons. The minimum atomic E-state index is -0.0955. The van der Waals surface area contributed by atoms with Crippen LogP contribution in [0.25, 0.3) is 0 Å². The van der Waals surface area contributed by atoms with Crippen LogP contribution in [0, 0.1) is 6.92 Å². The second kappa shape index (κ2) is 2.91. The number of hydrogen-bond donors (Lipinski definition) is 0. The van der Waals surface area contributed by atoms with Gasteiger partial charge in [-0.05, 0) is 32.4 Å². The van der Waals surface area contributed by atoms with E-state index in [4.69, 9.17) is 9.47 Å². The SMILES string of the molecule is COc1ccc(C)c2c1OC(C)(C)C2. The molecule has 1 aromatic rings. The molecule has 0 amide bonds. The Hall–Kier alpha value is -1.18. The van der Waals surface area contributed by atoms with Crippen LogP contribution in [0.1, 0.15) is 25.0 Å². The fraction of sp³-hybridized carbons (Fsp3) is 0.500. The van der Waals surface area contributed by atoms with Gasteiger partial charge in [-0.3, -0.25) is 0 Å². The van der Waals surface area contributed by atoms with Crippen LogP contribution in [0.2, 0.25) is 0 Å². The molecule has 2 heteroatoms. The average molecular weight is 192 g/mol. The third-order valence-electron chi connectivity index (χ3n) is 2.66. The third-order valence-corrected chi connectivity index (χ3v) is 2.66. The number of fused-ring (bicyclic) bond motifs is 1. The van der Waals surface area contributed by atoms with Crippen molar-refractivity contribution in [1.82, 2.24) is 0 Å². The highest BCUT2D eigenvalue weighted by molar-refractivity contribution is 5.53. The van der Waals surface area contributed by atoms with Crippen LogP contribution in [-0.2, 0) is 6.42 Å². The summed E-state index contributed by atoms with van der Waals surface area (Å²) in [5.41, 5.74) is 2.47. The van der Waals surface area contributed by atoms with Gasteiger partial charge in [-0.2, -0.15) is 0 Å². The van der Waals surface area contributed by atoms with E-state index in [0.29, 0.717) is 0 Å². The highest BCUT2D eigenvalue weighted by Crippen LogP contribution is 2.43. The Bertz CT molecular complexity index is 367. The summed E-state index contributed by atoms with van der Waals surface area (Å²) in [6.07, 6.45) is 0.964. The molecule has 0 atom stereocenters. The van der Waals surface area contributed by atoms with Crippen molar-refractivity contribution in [2.75, 3.05) is 7.11 Å². The number of hydrogen-bond acceptors (Lipinski definition) is 2. The lowest BCUT2D eigenvalue weighted by Crippen LogP contribution is -2.24. The molecule has 0 saturated heterocycles. The highest BCUT2D eigenvalue weighted by Gasteiger charge is 2.33. The van der Waals surface area contributed by atoms with Crippen molar-refractivity contribution in [3.05, 3.63) is 23.3 Å². The molecule has 2 nitrogen and oxygen atoms in total. The van der Waals surface area contributed by atoms with Crippen molar-refractivity contribution in [3.8, 4) is 11.5 Å². The first-order valence-corrected chi connectivity index (χ1v) is 4.89. The summed E-state index contributed by atoms with van der Waals surface area (Å²) in [5, 5.41) is 0. The summed E-state index contributed by atoms with van der Waals surface area (Å²) in [6.45, 7) is 6.32. The van der Waals surface area contributed by atoms with Gasteiger partial charge in [-0.1, -0.05) is 6.07 Å². The van der Waals surface area contributed by atoms with Crippen molar-refractivity contribution in [1.29, 1.82) is 0 Å². The number of aryl methyl sites for hydroxylation is 1. The molecular formula is C12H16O2. The summed E-state index contributed by atoms with van der Waals surface area (Å²) in [4.78, 5) is 0. The first-order chi connectivity index (χ1) is 6.53. The second-order valence-corrected chi connectivity index (χ2v) is 4.43. The standard InChI is InChI=1S/C12H16O2/c1-8-5-6-10(13-4)11-9(8)7-12(2,3)14-11/h5-6H,7H2,1-4H3. The van der Waals surface area contributed by atoms with E-state index in [1.807, 2.05) is 6.07 Å². The number of methoxy groups -OCH3 is 1. The zero-order valence-electron chi connectivity index (χ0n) is 9.18. The molecule has 0 saturated carbocycles. The van der Waals surface area contributed by atoms with Gasteiger partial charge < -0.3 is 9.47 Å². The summed E-state index contributed by atoms with van der Waals surface area (Å²) in [7, 11) is 1.68. The van der Waals surface area contributed by atoms with E-state index in [2.05, 4.69) is 26.8 Å². The Morgan fingerprint density at radius 3 is 2.71 bits per heavy atom. The number of rotatable bonds is 1. The van der Waals surface area contributed by atoms with E-state index < -0.39 is 0 Å². The summed E-state index contributed by atoms with van der Waals surface area (Å²) < 4.78 is 11.2. The molecule has 0 spiro atoms. The highest BCUT2D eigenvalue weighted by atomic mass is 16.5. The van der Waals surface area contributed by atoms with Gasteiger partial charge in [0, 0.05) is 12.0 Å². The van der Waals surface area contributed by atoms with Gasteiger partial charge in [0.2, 0.25) is 0 Å². The Morgan fingerprint density at radius 1 is 1.36 bits per heavy atom. The third kappa shape index (κ3) is 1.35. The van der Waals surface area contributed by atoms with Crippen LogP contribution in [0.3, 0.4) is 0 Å². The first kappa shape index (κ1) is 9.38. The van der Waals surface area contributed by atoms with E-state index >= 15 is 0 Å². The van der Waals surface area contributed by atoms with Gasteiger partial charge in [0.15, 0.2) is 11.5 Å². The van der Waals surface area contributed by atoms with Crippen molar-refractivity contribution in [3.63, 3.8) is 0 Å². The molecule has 0 fully saturated rings. The maximum absolute atomic E-state index is 5.87. The van der Waals surface area contributed by atoms with Crippen LogP contribution in [0.15, 0.2) is 12.1 Å². The van der Waals surface area contributed by atoms with Gasteiger partial charge in [-0.25, -0.2) is 0 Å². The van der Waals surface area contributed by atoms with E-state index in [1.54, 1.807) is 7.11 Å². The molecule has 0 bridgehead atoms. The summed E-state index contributed by atoms with van der Waals surface area (Å²) in [5.74, 6) is 1.77. The van der Waals surface area contributed by atoms with Crippen LogP contribution in [0.5, 0.6) is 11.5 Å². The van der Waals surface area contributed by atoms with Crippen molar-refractivity contribution in [2.24, 2.45) is 0 Å². The van der Waals surface area contributed by atoms with Crippen molar-refractivity contribution >= 4 is 0 Å². The van der Waals surface area contributed by atoms with Crippen molar-refractivity contribution in [2.45, 2.75) is 32.8 Å². The molecule has 1 aliphatic heterocycles. The number of ether oxygens (including phenoxy) is 2. The van der Waals surface area contributed by atoms with Gasteiger partial charge in [0.1, 0.15) is 5.60 Å². The fourth-order valence-corrected chi connectivity index (χ4v) is 1.94. The van der Waals surface area contributed by atoms with Gasteiger partial charge in [0.25, 0.3) is 0 Å². The molecule has 1 aliphatic rings. The minimum Gasteiger partial charge on any atom is -0.493 e. The zero-order valence-corrected chi connectivity index (χ0v) is 9.18. The monoisotopic (exact) mass is 192 g/mol. The normalized spacial score (nSPS) is 17.4. The maximum Gasteiger partial charge on any atom is 0.165 e. The fourth-order valence-electron chi connectivity index (χ4n) is 1.94. The lowest BCUT2D eigenvalue weighted by Gasteiger charge is -2.17. The van der Waals surface area contributed by atoms with E-state index in [0.717, 1.165) is 17.9 Å². The molecular weight excluding hydrogens is 176 g/mol. The van der Waals surface area contributed by atoms with Gasteiger partial charge in [-0.15, -0.1) is 0 Å². The Balaban J connectivity index is 2.53. The average Bonchev–Trinajstić information content (AvgIpc) is 2.42. The minimum absolute atomic E-state index is 0.0955. The van der Waals surface area contributed by atoms with Crippen LogP contribution in [-0.4, -0.2) is 12.7 Å². The Morgan fingerprint density at radius 2 is 2.07 bits per heavy atom. The van der Waals surface area contributed by atoms with E-state index in [9.17, 15) is 0 Å². The quantitative estimate of drug-likeness (QED) is 0.681. The summed E-state index contributed by atoms with van der Waals surface area (Å²) in [6, 6.07) is 4.05. The van der Waals surface area contributed by atoms with Gasteiger partial charge >= 0.3 is 0 Å². The zero-order chi connectivity index (χ0) is 10.3. The van der Waals surface area contributed by atoms with Gasteiger partial charge in [0.05, 0.1) is 7.11 Å².